The maximum Gasteiger partial charge on any atom is 0.264 e. The number of anilines is 2. The number of benzene rings is 3. The molecule has 0 radical (unpaired) electrons. The summed E-state index contributed by atoms with van der Waals surface area (Å²) in [4.78, 5) is 14.6. The largest absolute Gasteiger partial charge is 0.311 e. The van der Waals surface area contributed by atoms with Gasteiger partial charge in [-0.25, -0.2) is 8.42 Å². The molecule has 3 aromatic rings. The summed E-state index contributed by atoms with van der Waals surface area (Å²) in [7, 11) is -0.637. The van der Waals surface area contributed by atoms with Crippen LogP contribution in [0, 0.1) is 6.92 Å². The number of carbonyl (C=O) groups is 1. The first-order valence-corrected chi connectivity index (χ1v) is 10.7. The van der Waals surface area contributed by atoms with Crippen LogP contribution >= 0.6 is 11.6 Å². The van der Waals surface area contributed by atoms with Gasteiger partial charge in [0.2, 0.25) is 0 Å². The van der Waals surface area contributed by atoms with Gasteiger partial charge in [0.1, 0.15) is 0 Å². The van der Waals surface area contributed by atoms with Crippen LogP contribution < -0.4 is 9.21 Å². The fourth-order valence-corrected chi connectivity index (χ4v) is 4.32. The molecule has 0 aliphatic heterocycles. The highest BCUT2D eigenvalue weighted by Crippen LogP contribution is 2.28. The molecule has 0 bridgehead atoms. The van der Waals surface area contributed by atoms with Crippen molar-refractivity contribution in [2.75, 3.05) is 23.3 Å². The average molecular weight is 429 g/mol. The van der Waals surface area contributed by atoms with E-state index in [1.54, 1.807) is 32.2 Å². The van der Waals surface area contributed by atoms with Gasteiger partial charge >= 0.3 is 0 Å². The topological polar surface area (TPSA) is 57.7 Å². The number of aryl methyl sites for hydroxylation is 1. The number of para-hydroxylation sites is 1. The number of amides is 1. The first kappa shape index (κ1) is 20.9. The van der Waals surface area contributed by atoms with Crippen LogP contribution in [0.2, 0.25) is 5.02 Å². The highest BCUT2D eigenvalue weighted by molar-refractivity contribution is 7.92. The van der Waals surface area contributed by atoms with Crippen LogP contribution in [0.3, 0.4) is 0 Å². The molecule has 29 heavy (non-hydrogen) atoms. The monoisotopic (exact) mass is 428 g/mol. The summed E-state index contributed by atoms with van der Waals surface area (Å²) in [5.41, 5.74) is 2.33. The first-order valence-electron chi connectivity index (χ1n) is 8.90. The number of rotatable bonds is 5. The molecule has 0 N–H and O–H groups in total. The number of nitrogens with zero attached hydrogens (tertiary/aromatic N) is 2. The lowest BCUT2D eigenvalue weighted by Gasteiger charge is -2.23. The summed E-state index contributed by atoms with van der Waals surface area (Å²) in [5, 5.41) is 0.458. The quantitative estimate of drug-likeness (QED) is 0.589. The average Bonchev–Trinajstić information content (AvgIpc) is 2.73. The molecule has 150 valence electrons. The van der Waals surface area contributed by atoms with Gasteiger partial charge in [-0.15, -0.1) is 0 Å². The van der Waals surface area contributed by atoms with E-state index in [1.807, 2.05) is 30.3 Å². The maximum atomic E-state index is 13.0. The maximum absolute atomic E-state index is 13.0. The Morgan fingerprint density at radius 1 is 0.897 bits per heavy atom. The van der Waals surface area contributed by atoms with E-state index in [-0.39, 0.29) is 10.8 Å². The van der Waals surface area contributed by atoms with Crippen LogP contribution in [0.4, 0.5) is 11.4 Å². The lowest BCUT2D eigenvalue weighted by atomic mass is 10.1. The normalized spacial score (nSPS) is 11.2. The molecule has 0 aliphatic rings. The van der Waals surface area contributed by atoms with Gasteiger partial charge in [-0.3, -0.25) is 9.10 Å². The molecule has 0 atom stereocenters. The first-order chi connectivity index (χ1) is 13.7. The standard InChI is InChI=1S/C22H21ClN2O3S/c1-16-9-10-17(22(26)24(2)19-7-5-4-6-8-19)15-21(16)25(3)29(27,28)20-13-11-18(23)12-14-20/h4-15H,1-3H3. The van der Waals surface area contributed by atoms with E-state index >= 15 is 0 Å². The van der Waals surface area contributed by atoms with Crippen molar-refractivity contribution >= 4 is 38.9 Å². The molecule has 0 aromatic heterocycles. The van der Waals surface area contributed by atoms with E-state index in [9.17, 15) is 13.2 Å². The molecule has 0 spiro atoms. The van der Waals surface area contributed by atoms with Gasteiger partial charge in [0, 0.05) is 30.4 Å². The Balaban J connectivity index is 1.96. The Morgan fingerprint density at radius 2 is 1.52 bits per heavy atom. The molecule has 0 saturated heterocycles. The van der Waals surface area contributed by atoms with Crippen LogP contribution in [0.1, 0.15) is 15.9 Å². The Morgan fingerprint density at radius 3 is 2.14 bits per heavy atom. The number of sulfonamides is 1. The van der Waals surface area contributed by atoms with E-state index in [1.165, 1.54) is 40.5 Å². The minimum atomic E-state index is -3.80. The van der Waals surface area contributed by atoms with Gasteiger partial charge in [-0.2, -0.15) is 0 Å². The van der Waals surface area contributed by atoms with Gasteiger partial charge < -0.3 is 4.90 Å². The number of carbonyl (C=O) groups excluding carboxylic acids is 1. The number of hydrogen-bond acceptors (Lipinski definition) is 3. The fourth-order valence-electron chi connectivity index (χ4n) is 2.94. The number of hydrogen-bond donors (Lipinski definition) is 0. The second kappa shape index (κ2) is 8.27. The molecule has 0 aliphatic carbocycles. The lowest BCUT2D eigenvalue weighted by Crippen LogP contribution is -2.29. The molecule has 0 heterocycles. The van der Waals surface area contributed by atoms with Crippen molar-refractivity contribution in [3.05, 3.63) is 88.9 Å². The molecule has 7 heteroatoms. The minimum absolute atomic E-state index is 0.127. The van der Waals surface area contributed by atoms with E-state index < -0.39 is 10.0 Å². The molecule has 0 unspecified atom stereocenters. The zero-order valence-electron chi connectivity index (χ0n) is 16.3. The van der Waals surface area contributed by atoms with Crippen LogP contribution in [0.15, 0.2) is 77.7 Å². The van der Waals surface area contributed by atoms with Gasteiger partial charge in [0.25, 0.3) is 15.9 Å². The third kappa shape index (κ3) is 4.28. The Labute approximate surface area is 176 Å². The summed E-state index contributed by atoms with van der Waals surface area (Å²) in [6.07, 6.45) is 0. The van der Waals surface area contributed by atoms with Crippen molar-refractivity contribution in [1.29, 1.82) is 0 Å². The third-order valence-electron chi connectivity index (χ3n) is 4.72. The van der Waals surface area contributed by atoms with E-state index in [0.29, 0.717) is 16.3 Å². The Bertz CT molecular complexity index is 1130. The molecule has 5 nitrogen and oxygen atoms in total. The van der Waals surface area contributed by atoms with Crippen LogP contribution in [0.5, 0.6) is 0 Å². The molecule has 1 amide bonds. The summed E-state index contributed by atoms with van der Waals surface area (Å²) in [6, 6.07) is 20.3. The van der Waals surface area contributed by atoms with Crippen molar-refractivity contribution in [2.45, 2.75) is 11.8 Å². The van der Waals surface area contributed by atoms with Crippen LogP contribution in [-0.2, 0) is 10.0 Å². The van der Waals surface area contributed by atoms with Crippen LogP contribution in [0.25, 0.3) is 0 Å². The zero-order chi connectivity index (χ0) is 21.2. The second-order valence-electron chi connectivity index (χ2n) is 6.63. The Kier molecular flexibility index (Phi) is 5.96. The van der Waals surface area contributed by atoms with Gasteiger partial charge in [0.05, 0.1) is 10.6 Å². The number of halogens is 1. The molecule has 3 rings (SSSR count). The van der Waals surface area contributed by atoms with Crippen molar-refractivity contribution in [3.63, 3.8) is 0 Å². The van der Waals surface area contributed by atoms with Gasteiger partial charge in [-0.1, -0.05) is 35.9 Å². The Hall–Kier alpha value is -2.83. The highest BCUT2D eigenvalue weighted by Gasteiger charge is 2.24. The smallest absolute Gasteiger partial charge is 0.264 e. The molecule has 3 aromatic carbocycles. The van der Waals surface area contributed by atoms with Crippen molar-refractivity contribution in [2.24, 2.45) is 0 Å². The zero-order valence-corrected chi connectivity index (χ0v) is 17.9. The summed E-state index contributed by atoms with van der Waals surface area (Å²) in [5.74, 6) is -0.227. The minimum Gasteiger partial charge on any atom is -0.311 e. The molecule has 0 saturated carbocycles. The highest BCUT2D eigenvalue weighted by atomic mass is 35.5. The second-order valence-corrected chi connectivity index (χ2v) is 9.03. The summed E-state index contributed by atoms with van der Waals surface area (Å²) >= 11 is 5.87. The summed E-state index contributed by atoms with van der Waals surface area (Å²) in [6.45, 7) is 1.80. The third-order valence-corrected chi connectivity index (χ3v) is 6.75. The predicted octanol–water partition coefficient (Wildman–Crippen LogP) is 4.75. The van der Waals surface area contributed by atoms with Crippen LogP contribution in [-0.4, -0.2) is 28.4 Å². The van der Waals surface area contributed by atoms with Crippen molar-refractivity contribution in [1.82, 2.24) is 0 Å². The van der Waals surface area contributed by atoms with Gasteiger partial charge in [-0.05, 0) is 61.0 Å². The van der Waals surface area contributed by atoms with Crippen molar-refractivity contribution < 1.29 is 13.2 Å². The fraction of sp³-hybridized carbons (Fsp3) is 0.136. The SMILES string of the molecule is Cc1ccc(C(=O)N(C)c2ccccc2)cc1N(C)S(=O)(=O)c1ccc(Cl)cc1. The van der Waals surface area contributed by atoms with E-state index in [0.717, 1.165) is 11.3 Å². The predicted molar refractivity (Wildman–Crippen MR) is 117 cm³/mol. The summed E-state index contributed by atoms with van der Waals surface area (Å²) < 4.78 is 27.2. The van der Waals surface area contributed by atoms with Gasteiger partial charge in [0.15, 0.2) is 0 Å². The molecule has 0 fully saturated rings. The van der Waals surface area contributed by atoms with E-state index in [4.69, 9.17) is 11.6 Å². The van der Waals surface area contributed by atoms with Crippen molar-refractivity contribution in [3.8, 4) is 0 Å². The van der Waals surface area contributed by atoms with E-state index in [2.05, 4.69) is 0 Å². The molecular weight excluding hydrogens is 408 g/mol. The lowest BCUT2D eigenvalue weighted by molar-refractivity contribution is 0.0993. The molecular formula is C22H21ClN2O3S.